The van der Waals surface area contributed by atoms with Gasteiger partial charge in [-0.05, 0) is 24.3 Å². The summed E-state index contributed by atoms with van der Waals surface area (Å²) < 4.78 is 44.7. The van der Waals surface area contributed by atoms with Crippen LogP contribution in [0.15, 0.2) is 46.1 Å². The van der Waals surface area contributed by atoms with Gasteiger partial charge in [0.1, 0.15) is 11.4 Å². The van der Waals surface area contributed by atoms with Crippen molar-refractivity contribution in [2.45, 2.75) is 18.3 Å². The lowest BCUT2D eigenvalue weighted by Gasteiger charge is -2.30. The fraction of sp³-hybridized carbons (Fsp3) is 0.231. The molecule has 0 radical (unpaired) electrons. The van der Waals surface area contributed by atoms with E-state index >= 15 is 0 Å². The number of hydrogen-bond donors (Lipinski definition) is 2. The van der Waals surface area contributed by atoms with Crippen molar-refractivity contribution in [3.63, 3.8) is 0 Å². The Kier molecular flexibility index (Phi) is 2.98. The number of hydrogen-bond acceptors (Lipinski definition) is 5. The summed E-state index contributed by atoms with van der Waals surface area (Å²) in [4.78, 5) is 7.92. The maximum absolute atomic E-state index is 13.2. The highest BCUT2D eigenvalue weighted by Crippen LogP contribution is 2.39. The number of nitrogens with one attached hydrogen (secondary N) is 1. The topological polar surface area (TPSA) is 70.7 Å². The van der Waals surface area contributed by atoms with E-state index < -0.39 is 18.3 Å². The first-order valence-electron chi connectivity index (χ1n) is 6.03. The van der Waals surface area contributed by atoms with E-state index in [0.29, 0.717) is 0 Å². The Morgan fingerprint density at radius 2 is 2.10 bits per heavy atom. The average molecular weight is 297 g/mol. The molecule has 3 heterocycles. The van der Waals surface area contributed by atoms with Gasteiger partial charge in [0, 0.05) is 6.20 Å². The standard InChI is InChI=1S/C13H10F3N3O2/c14-13(15,16)12(20)7-9(10-4-2-6-21-10)18-8-3-1-5-17-11(8)19-12/h1-6,20H,7H2,(H,17,19). The summed E-state index contributed by atoms with van der Waals surface area (Å²) in [5.41, 5.74) is -2.98. The van der Waals surface area contributed by atoms with Crippen molar-refractivity contribution in [3.05, 3.63) is 42.5 Å². The number of anilines is 1. The number of rotatable bonds is 1. The van der Waals surface area contributed by atoms with Crippen LogP contribution < -0.4 is 5.32 Å². The number of pyridine rings is 1. The first kappa shape index (κ1) is 13.6. The Morgan fingerprint density at radius 3 is 2.76 bits per heavy atom. The van der Waals surface area contributed by atoms with E-state index in [1.165, 1.54) is 30.7 Å². The molecule has 0 spiro atoms. The van der Waals surface area contributed by atoms with Crippen LogP contribution in [0.2, 0.25) is 0 Å². The lowest BCUT2D eigenvalue weighted by Crippen LogP contribution is -2.53. The molecule has 0 amide bonds. The van der Waals surface area contributed by atoms with Crippen molar-refractivity contribution < 1.29 is 22.7 Å². The Hall–Kier alpha value is -2.35. The van der Waals surface area contributed by atoms with Crippen molar-refractivity contribution in [1.82, 2.24) is 4.98 Å². The predicted octanol–water partition coefficient (Wildman–Crippen LogP) is 2.86. The molecule has 0 saturated heterocycles. The molecule has 0 aliphatic carbocycles. The average Bonchev–Trinajstić information content (AvgIpc) is 2.87. The second kappa shape index (κ2) is 4.59. The zero-order valence-electron chi connectivity index (χ0n) is 10.6. The summed E-state index contributed by atoms with van der Waals surface area (Å²) in [5.74, 6) is 0.0232. The van der Waals surface area contributed by atoms with E-state index in [4.69, 9.17) is 4.42 Å². The highest BCUT2D eigenvalue weighted by Gasteiger charge is 2.56. The zero-order chi connectivity index (χ0) is 15.1. The van der Waals surface area contributed by atoms with Gasteiger partial charge in [0.05, 0.1) is 18.4 Å². The quantitative estimate of drug-likeness (QED) is 0.849. The number of aromatic nitrogens is 1. The smallest absolute Gasteiger partial charge is 0.436 e. The molecule has 5 nitrogen and oxygen atoms in total. The summed E-state index contributed by atoms with van der Waals surface area (Å²) in [6.45, 7) is 0. The van der Waals surface area contributed by atoms with Crippen molar-refractivity contribution in [2.24, 2.45) is 4.99 Å². The van der Waals surface area contributed by atoms with E-state index in [9.17, 15) is 18.3 Å². The van der Waals surface area contributed by atoms with Crippen LogP contribution in [0.4, 0.5) is 24.7 Å². The Morgan fingerprint density at radius 1 is 1.29 bits per heavy atom. The molecule has 1 atom stereocenters. The van der Waals surface area contributed by atoms with Crippen molar-refractivity contribution in [2.75, 3.05) is 5.32 Å². The summed E-state index contributed by atoms with van der Waals surface area (Å²) in [6, 6.07) is 6.06. The maximum Gasteiger partial charge on any atom is 0.436 e. The summed E-state index contributed by atoms with van der Waals surface area (Å²) in [7, 11) is 0. The molecule has 1 aliphatic heterocycles. The molecule has 110 valence electrons. The third-order valence-electron chi connectivity index (χ3n) is 3.06. The summed E-state index contributed by atoms with van der Waals surface area (Å²) in [5, 5.41) is 12.0. The minimum Gasteiger partial charge on any atom is -0.463 e. The summed E-state index contributed by atoms with van der Waals surface area (Å²) >= 11 is 0. The van der Waals surface area contributed by atoms with Gasteiger partial charge in [-0.2, -0.15) is 13.2 Å². The number of alkyl halides is 3. The third-order valence-corrected chi connectivity index (χ3v) is 3.06. The SMILES string of the molecule is OC1(C(F)(F)F)CC(c2ccco2)=Nc2cccnc2N1. The third kappa shape index (κ3) is 2.38. The Bertz CT molecular complexity index is 682. The van der Waals surface area contributed by atoms with Crippen LogP contribution >= 0.6 is 0 Å². The van der Waals surface area contributed by atoms with Gasteiger partial charge >= 0.3 is 6.18 Å². The highest BCUT2D eigenvalue weighted by atomic mass is 19.4. The van der Waals surface area contributed by atoms with Crippen LogP contribution in [0.5, 0.6) is 0 Å². The van der Waals surface area contributed by atoms with Crippen LogP contribution in [0.3, 0.4) is 0 Å². The Labute approximate surface area is 117 Å². The molecule has 2 aromatic heterocycles. The van der Waals surface area contributed by atoms with Gasteiger partial charge in [-0.15, -0.1) is 0 Å². The molecule has 1 aliphatic rings. The number of halogens is 3. The molecule has 21 heavy (non-hydrogen) atoms. The zero-order valence-corrected chi connectivity index (χ0v) is 10.6. The lowest BCUT2D eigenvalue weighted by atomic mass is 10.0. The minimum atomic E-state index is -4.90. The van der Waals surface area contributed by atoms with E-state index in [1.54, 1.807) is 6.07 Å². The predicted molar refractivity (Wildman–Crippen MR) is 68.4 cm³/mol. The molecule has 0 aromatic carbocycles. The number of nitrogens with zero attached hydrogens (tertiary/aromatic N) is 2. The van der Waals surface area contributed by atoms with Crippen LogP contribution in [0, 0.1) is 0 Å². The van der Waals surface area contributed by atoms with E-state index in [2.05, 4.69) is 9.98 Å². The fourth-order valence-corrected chi connectivity index (χ4v) is 2.01. The Balaban J connectivity index is 2.15. The van der Waals surface area contributed by atoms with Crippen LogP contribution in [0.1, 0.15) is 12.2 Å². The van der Waals surface area contributed by atoms with E-state index in [0.717, 1.165) is 0 Å². The van der Waals surface area contributed by atoms with Crippen molar-refractivity contribution in [1.29, 1.82) is 0 Å². The molecule has 3 rings (SSSR count). The second-order valence-corrected chi connectivity index (χ2v) is 4.57. The van der Waals surface area contributed by atoms with Gasteiger partial charge in [-0.25, -0.2) is 9.98 Å². The second-order valence-electron chi connectivity index (χ2n) is 4.57. The number of furan rings is 1. The van der Waals surface area contributed by atoms with Crippen LogP contribution in [-0.4, -0.2) is 27.7 Å². The van der Waals surface area contributed by atoms with Crippen molar-refractivity contribution >= 4 is 17.2 Å². The molecule has 8 heteroatoms. The van der Waals surface area contributed by atoms with Gasteiger partial charge in [0.25, 0.3) is 0 Å². The van der Waals surface area contributed by atoms with E-state index in [-0.39, 0.29) is 23.0 Å². The molecule has 0 bridgehead atoms. The molecule has 0 saturated carbocycles. The molecular formula is C13H10F3N3O2. The van der Waals surface area contributed by atoms with Gasteiger partial charge in [0.2, 0.25) is 5.72 Å². The minimum absolute atomic E-state index is 0.0147. The number of aliphatic imine (C=N–C) groups is 1. The largest absolute Gasteiger partial charge is 0.463 e. The number of fused-ring (bicyclic) bond motifs is 1. The number of aliphatic hydroxyl groups is 1. The lowest BCUT2D eigenvalue weighted by molar-refractivity contribution is -0.245. The normalized spacial score (nSPS) is 22.0. The van der Waals surface area contributed by atoms with Crippen LogP contribution in [0.25, 0.3) is 0 Å². The molecular weight excluding hydrogens is 287 g/mol. The van der Waals surface area contributed by atoms with Gasteiger partial charge < -0.3 is 14.8 Å². The maximum atomic E-state index is 13.2. The molecule has 2 aromatic rings. The first-order valence-corrected chi connectivity index (χ1v) is 6.03. The monoisotopic (exact) mass is 297 g/mol. The van der Waals surface area contributed by atoms with E-state index in [1.807, 2.05) is 5.32 Å². The van der Waals surface area contributed by atoms with Gasteiger partial charge in [0.15, 0.2) is 5.82 Å². The molecule has 1 unspecified atom stereocenters. The van der Waals surface area contributed by atoms with Gasteiger partial charge in [-0.3, -0.25) is 0 Å². The van der Waals surface area contributed by atoms with Crippen molar-refractivity contribution in [3.8, 4) is 0 Å². The summed E-state index contributed by atoms with van der Waals surface area (Å²) in [6.07, 6.45) is -3.05. The fourth-order valence-electron chi connectivity index (χ4n) is 2.01. The highest BCUT2D eigenvalue weighted by molar-refractivity contribution is 6.02. The van der Waals surface area contributed by atoms with Crippen LogP contribution in [-0.2, 0) is 0 Å². The van der Waals surface area contributed by atoms with Gasteiger partial charge in [-0.1, -0.05) is 0 Å². The first-order chi connectivity index (χ1) is 9.89. The molecule has 0 fully saturated rings. The molecule has 2 N–H and O–H groups in total.